The molecule has 2 aliphatic heterocycles. The van der Waals surface area contributed by atoms with Crippen LogP contribution in [0, 0.1) is 17.7 Å². The van der Waals surface area contributed by atoms with Crippen LogP contribution >= 0.6 is 0 Å². The maximum atomic E-state index is 15.0. The standard InChI is InChI=1S/C33H33F3N8O5/c1-17(19-7-9-42(10-8-19)32(47)48-2)44-16-40-28-26(27(29(37)45)22(41-30(28)44)11-18-3-4-18)20-5-6-23-24(12-20)49-33(35,36)31(46)43(23)15-25-38-13-21(34)14-39-25/h5-6,12-14,16-19H,3-4,7-11,15H2,1-2H3,(H2,37,45). The van der Waals surface area contributed by atoms with Gasteiger partial charge in [-0.2, -0.15) is 8.78 Å². The lowest BCUT2D eigenvalue weighted by molar-refractivity contribution is -0.193. The van der Waals surface area contributed by atoms with E-state index in [4.69, 9.17) is 20.2 Å². The van der Waals surface area contributed by atoms with Gasteiger partial charge in [0, 0.05) is 24.7 Å². The minimum absolute atomic E-state index is 0.00850. The van der Waals surface area contributed by atoms with E-state index in [1.54, 1.807) is 17.3 Å². The second kappa shape index (κ2) is 12.3. The molecule has 2 fully saturated rings. The molecule has 0 radical (unpaired) electrons. The van der Waals surface area contributed by atoms with E-state index in [0.29, 0.717) is 53.4 Å². The summed E-state index contributed by atoms with van der Waals surface area (Å²) in [5, 5.41) is 0. The van der Waals surface area contributed by atoms with Gasteiger partial charge in [-0.1, -0.05) is 6.07 Å². The fraction of sp³-hybridized carbons (Fsp3) is 0.424. The van der Waals surface area contributed by atoms with Crippen LogP contribution in [0.15, 0.2) is 36.9 Å². The fourth-order valence-corrected chi connectivity index (χ4v) is 6.74. The number of primary amides is 1. The first-order valence-corrected chi connectivity index (χ1v) is 16.0. The van der Waals surface area contributed by atoms with Gasteiger partial charge in [-0.05, 0) is 68.6 Å². The van der Waals surface area contributed by atoms with Crippen molar-refractivity contribution in [3.8, 4) is 16.9 Å². The molecule has 7 rings (SSSR count). The number of pyridine rings is 1. The molecule has 49 heavy (non-hydrogen) atoms. The SMILES string of the molecule is COC(=O)N1CCC(C(C)n2cnc3c(-c4ccc5c(c4)OC(F)(F)C(=O)N5Cc4ncc(F)cn4)c(C(N)=O)c(CC4CC4)nc32)CC1. The van der Waals surface area contributed by atoms with Gasteiger partial charge in [0.1, 0.15) is 11.3 Å². The lowest BCUT2D eigenvalue weighted by Crippen LogP contribution is -2.50. The molecular weight excluding hydrogens is 645 g/mol. The predicted octanol–water partition coefficient (Wildman–Crippen LogP) is 4.64. The highest BCUT2D eigenvalue weighted by molar-refractivity contribution is 6.08. The van der Waals surface area contributed by atoms with Gasteiger partial charge in [-0.15, -0.1) is 0 Å². The minimum Gasteiger partial charge on any atom is -0.453 e. The normalized spacial score (nSPS) is 18.3. The summed E-state index contributed by atoms with van der Waals surface area (Å²) in [4.78, 5) is 57.6. The van der Waals surface area contributed by atoms with Crippen molar-refractivity contribution >= 4 is 34.8 Å². The molecule has 13 nitrogen and oxygen atoms in total. The Bertz CT molecular complexity index is 1960. The van der Waals surface area contributed by atoms with E-state index in [2.05, 4.69) is 21.9 Å². The second-order valence-electron chi connectivity index (χ2n) is 12.7. The Balaban J connectivity index is 1.32. The van der Waals surface area contributed by atoms with Crippen molar-refractivity contribution in [2.24, 2.45) is 17.6 Å². The van der Waals surface area contributed by atoms with E-state index < -0.39 is 30.3 Å². The average molecular weight is 679 g/mol. The highest BCUT2D eigenvalue weighted by Crippen LogP contribution is 2.45. The summed E-state index contributed by atoms with van der Waals surface area (Å²) in [7, 11) is 1.36. The number of nitrogens with zero attached hydrogens (tertiary/aromatic N) is 7. The van der Waals surface area contributed by atoms with Crippen LogP contribution in [0.25, 0.3) is 22.3 Å². The summed E-state index contributed by atoms with van der Waals surface area (Å²) in [5.74, 6) is -2.99. The number of carbonyl (C=O) groups excluding carboxylic acids is 3. The molecule has 16 heteroatoms. The predicted molar refractivity (Wildman–Crippen MR) is 168 cm³/mol. The van der Waals surface area contributed by atoms with Crippen LogP contribution < -0.4 is 15.4 Å². The van der Waals surface area contributed by atoms with E-state index in [1.807, 2.05) is 4.57 Å². The molecular formula is C33H33F3N8O5. The summed E-state index contributed by atoms with van der Waals surface area (Å²) in [5.41, 5.74) is 8.11. The number of fused-ring (bicyclic) bond motifs is 2. The van der Waals surface area contributed by atoms with Crippen LogP contribution in [0.5, 0.6) is 5.75 Å². The van der Waals surface area contributed by atoms with Crippen LogP contribution in [0.3, 0.4) is 0 Å². The van der Waals surface area contributed by atoms with Crippen molar-refractivity contribution in [3.05, 3.63) is 59.8 Å². The molecule has 256 valence electrons. The number of rotatable bonds is 8. The van der Waals surface area contributed by atoms with Crippen molar-refractivity contribution < 1.29 is 37.0 Å². The molecule has 1 saturated carbocycles. The van der Waals surface area contributed by atoms with Gasteiger partial charge in [0.15, 0.2) is 17.2 Å². The number of benzene rings is 1. The van der Waals surface area contributed by atoms with Crippen molar-refractivity contribution in [1.82, 2.24) is 29.4 Å². The quantitative estimate of drug-likeness (QED) is 0.280. The number of alkyl halides is 2. The van der Waals surface area contributed by atoms with Gasteiger partial charge in [0.05, 0.1) is 49.3 Å². The topological polar surface area (TPSA) is 159 Å². The number of carbonyl (C=O) groups is 3. The summed E-state index contributed by atoms with van der Waals surface area (Å²) < 4.78 is 55.2. The summed E-state index contributed by atoms with van der Waals surface area (Å²) in [6.45, 7) is 2.66. The molecule has 1 aliphatic carbocycles. The number of hydrogen-bond acceptors (Lipinski definition) is 9. The van der Waals surface area contributed by atoms with Gasteiger partial charge < -0.3 is 24.7 Å². The van der Waals surface area contributed by atoms with E-state index in [0.717, 1.165) is 43.0 Å². The average Bonchev–Trinajstić information content (AvgIpc) is 3.81. The Kier molecular flexibility index (Phi) is 8.11. The number of piperidine rings is 1. The first-order valence-electron chi connectivity index (χ1n) is 16.0. The van der Waals surface area contributed by atoms with Gasteiger partial charge in [0.2, 0.25) is 0 Å². The van der Waals surface area contributed by atoms with Crippen molar-refractivity contribution in [3.63, 3.8) is 0 Å². The lowest BCUT2D eigenvalue weighted by atomic mass is 9.90. The first kappa shape index (κ1) is 32.3. The molecule has 5 heterocycles. The zero-order chi connectivity index (χ0) is 34.6. The van der Waals surface area contributed by atoms with Crippen molar-refractivity contribution in [1.29, 1.82) is 0 Å². The number of aromatic nitrogens is 5. The number of methoxy groups -OCH3 is 1. The number of nitrogens with two attached hydrogens (primary N) is 1. The molecule has 1 aromatic carbocycles. The van der Waals surface area contributed by atoms with Crippen molar-refractivity contribution in [2.45, 2.75) is 57.7 Å². The third-order valence-electron chi connectivity index (χ3n) is 9.55. The summed E-state index contributed by atoms with van der Waals surface area (Å²) in [6, 6.07) is 4.23. The van der Waals surface area contributed by atoms with E-state index >= 15 is 8.78 Å². The summed E-state index contributed by atoms with van der Waals surface area (Å²) >= 11 is 0. The largest absolute Gasteiger partial charge is 0.482 e. The van der Waals surface area contributed by atoms with Gasteiger partial charge >= 0.3 is 18.1 Å². The Hall–Kier alpha value is -5.28. The Morgan fingerprint density at radius 1 is 1.12 bits per heavy atom. The zero-order valence-electron chi connectivity index (χ0n) is 26.7. The molecule has 1 saturated heterocycles. The Morgan fingerprint density at radius 3 is 2.49 bits per heavy atom. The van der Waals surface area contributed by atoms with Gasteiger partial charge in [0.25, 0.3) is 5.91 Å². The van der Waals surface area contributed by atoms with E-state index in [9.17, 15) is 18.8 Å². The molecule has 1 atom stereocenters. The van der Waals surface area contributed by atoms with Gasteiger partial charge in [-0.25, -0.2) is 29.1 Å². The zero-order valence-corrected chi connectivity index (χ0v) is 26.7. The van der Waals surface area contributed by atoms with Gasteiger partial charge in [-0.3, -0.25) is 14.5 Å². The third kappa shape index (κ3) is 5.99. The van der Waals surface area contributed by atoms with Crippen molar-refractivity contribution in [2.75, 3.05) is 25.1 Å². The van der Waals surface area contributed by atoms with Crippen LogP contribution in [0.1, 0.15) is 60.5 Å². The number of ether oxygens (including phenoxy) is 2. The molecule has 0 bridgehead atoms. The summed E-state index contributed by atoms with van der Waals surface area (Å²) in [6.07, 6.45) is 2.71. The number of likely N-dealkylation sites (tertiary alicyclic amines) is 1. The maximum Gasteiger partial charge on any atom is 0.482 e. The number of imidazole rings is 1. The number of anilines is 1. The fourth-order valence-electron chi connectivity index (χ4n) is 6.74. The van der Waals surface area contributed by atoms with Crippen LogP contribution in [-0.2, 0) is 22.5 Å². The molecule has 3 aliphatic rings. The number of hydrogen-bond donors (Lipinski definition) is 1. The monoisotopic (exact) mass is 678 g/mol. The molecule has 0 spiro atoms. The second-order valence-corrected chi connectivity index (χ2v) is 12.7. The van der Waals surface area contributed by atoms with Crippen LogP contribution in [-0.4, -0.2) is 73.6 Å². The third-order valence-corrected chi connectivity index (χ3v) is 9.55. The molecule has 1 unspecified atom stereocenters. The number of amides is 3. The smallest absolute Gasteiger partial charge is 0.453 e. The highest BCUT2D eigenvalue weighted by atomic mass is 19.3. The molecule has 3 amide bonds. The molecule has 4 aromatic rings. The molecule has 3 aromatic heterocycles. The minimum atomic E-state index is -4.23. The highest BCUT2D eigenvalue weighted by Gasteiger charge is 2.51. The molecule has 2 N–H and O–H groups in total. The van der Waals surface area contributed by atoms with Crippen LogP contribution in [0.4, 0.5) is 23.7 Å². The van der Waals surface area contributed by atoms with E-state index in [1.165, 1.54) is 19.2 Å². The Morgan fingerprint density at radius 2 is 1.84 bits per heavy atom. The Labute approximate surface area is 278 Å². The lowest BCUT2D eigenvalue weighted by Gasteiger charge is -2.34. The van der Waals surface area contributed by atoms with Crippen LogP contribution in [0.2, 0.25) is 0 Å². The van der Waals surface area contributed by atoms with E-state index in [-0.39, 0.29) is 40.9 Å². The maximum absolute atomic E-state index is 15.0. The number of halogens is 3. The first-order chi connectivity index (χ1) is 23.4.